The number of aliphatic hydroxyl groups is 1. The molecule has 0 unspecified atom stereocenters. The van der Waals surface area contributed by atoms with Gasteiger partial charge in [0.15, 0.2) is 5.75 Å². The molecule has 4 rings (SSSR count). The lowest BCUT2D eigenvalue weighted by Crippen LogP contribution is -2.49. The Hall–Kier alpha value is -3.47. The van der Waals surface area contributed by atoms with Gasteiger partial charge in [-0.2, -0.15) is 0 Å². The van der Waals surface area contributed by atoms with Gasteiger partial charge in [0.05, 0.1) is 28.8 Å². The summed E-state index contributed by atoms with van der Waals surface area (Å²) >= 11 is 0. The van der Waals surface area contributed by atoms with Gasteiger partial charge >= 0.3 is 0 Å². The van der Waals surface area contributed by atoms with Crippen molar-refractivity contribution in [3.05, 3.63) is 83.7 Å². The van der Waals surface area contributed by atoms with E-state index in [2.05, 4.69) is 14.6 Å². The second-order valence-electron chi connectivity index (χ2n) is 10.3. The fourth-order valence-corrected chi connectivity index (χ4v) is 5.70. The fraction of sp³-hybridized carbons (Fsp3) is 0.379. The largest absolute Gasteiger partial charge is 0.486 e. The van der Waals surface area contributed by atoms with Gasteiger partial charge in [0.25, 0.3) is 15.9 Å². The molecule has 39 heavy (non-hydrogen) atoms. The number of hydrogen-bond acceptors (Lipinski definition) is 7. The van der Waals surface area contributed by atoms with Gasteiger partial charge in [-0.15, -0.1) is 0 Å². The maximum Gasteiger partial charge on any atom is 0.262 e. The summed E-state index contributed by atoms with van der Waals surface area (Å²) in [4.78, 5) is 21.6. The first-order valence-corrected chi connectivity index (χ1v) is 14.5. The molecule has 0 radical (unpaired) electrons. The van der Waals surface area contributed by atoms with Crippen LogP contribution in [-0.4, -0.2) is 73.1 Å². The lowest BCUT2D eigenvalue weighted by atomic mass is 9.99. The number of benzene rings is 2. The van der Waals surface area contributed by atoms with E-state index in [0.717, 1.165) is 11.1 Å². The van der Waals surface area contributed by atoms with E-state index in [1.165, 1.54) is 0 Å². The third-order valence-corrected chi connectivity index (χ3v) is 8.34. The highest BCUT2D eigenvalue weighted by Crippen LogP contribution is 2.36. The normalized spacial score (nSPS) is 18.6. The van der Waals surface area contributed by atoms with Crippen LogP contribution in [0.5, 0.6) is 5.75 Å². The molecule has 0 fully saturated rings. The van der Waals surface area contributed by atoms with Crippen LogP contribution in [0.1, 0.15) is 35.3 Å². The molecule has 3 atom stereocenters. The number of para-hydroxylation sites is 1. The summed E-state index contributed by atoms with van der Waals surface area (Å²) in [5.74, 6) is -0.252. The molecule has 1 aliphatic rings. The zero-order chi connectivity index (χ0) is 28.2. The molecular weight excluding hydrogens is 516 g/mol. The molecule has 1 aliphatic heterocycles. The summed E-state index contributed by atoms with van der Waals surface area (Å²) in [5, 5.41) is 9.90. The van der Waals surface area contributed by atoms with Crippen molar-refractivity contribution >= 4 is 21.6 Å². The third kappa shape index (κ3) is 6.76. The maximum absolute atomic E-state index is 13.7. The van der Waals surface area contributed by atoms with Crippen LogP contribution in [0.25, 0.3) is 0 Å². The van der Waals surface area contributed by atoms with E-state index in [-0.39, 0.29) is 46.4 Å². The summed E-state index contributed by atoms with van der Waals surface area (Å²) < 4.78 is 35.7. The van der Waals surface area contributed by atoms with Gasteiger partial charge in [0.1, 0.15) is 6.10 Å². The Bertz CT molecular complexity index is 1380. The first-order chi connectivity index (χ1) is 18.6. The van der Waals surface area contributed by atoms with Crippen molar-refractivity contribution in [1.29, 1.82) is 0 Å². The van der Waals surface area contributed by atoms with Crippen LogP contribution in [0.3, 0.4) is 0 Å². The number of aromatic nitrogens is 1. The van der Waals surface area contributed by atoms with Gasteiger partial charge in [-0.05, 0) is 62.9 Å². The number of aliphatic hydroxyl groups excluding tert-OH is 1. The minimum absolute atomic E-state index is 0.111. The number of aryl methyl sites for hydroxylation is 1. The predicted molar refractivity (Wildman–Crippen MR) is 150 cm³/mol. The molecule has 10 heteroatoms. The quantitative estimate of drug-likeness (QED) is 0.418. The van der Waals surface area contributed by atoms with E-state index >= 15 is 0 Å². The average Bonchev–Trinajstić information content (AvgIpc) is 2.91. The van der Waals surface area contributed by atoms with Crippen LogP contribution in [0.4, 0.5) is 5.69 Å². The van der Waals surface area contributed by atoms with Crippen molar-refractivity contribution in [1.82, 2.24) is 14.8 Å². The van der Waals surface area contributed by atoms with Gasteiger partial charge in [-0.3, -0.25) is 19.4 Å². The van der Waals surface area contributed by atoms with E-state index in [1.54, 1.807) is 66.7 Å². The molecule has 208 valence electrons. The number of carbonyl (C=O) groups is 1. The Morgan fingerprint density at radius 3 is 2.51 bits per heavy atom. The van der Waals surface area contributed by atoms with Crippen LogP contribution in [-0.2, 0) is 16.6 Å². The molecule has 3 aromatic rings. The van der Waals surface area contributed by atoms with Crippen LogP contribution in [0.15, 0.2) is 71.9 Å². The summed E-state index contributed by atoms with van der Waals surface area (Å²) in [6, 6.07) is 14.9. The summed E-state index contributed by atoms with van der Waals surface area (Å²) in [5.41, 5.74) is 2.48. The predicted octanol–water partition coefficient (Wildman–Crippen LogP) is 3.54. The second kappa shape index (κ2) is 12.1. The SMILES string of the molecule is Cc1ccc(S(=O)(=O)Nc2cccc3c2O[C@H](CN(C)Cc2ccncc2)[C@@H](C)CN([C@@H](C)CO)C3=O)cc1. The minimum Gasteiger partial charge on any atom is -0.486 e. The Balaban J connectivity index is 1.71. The molecule has 1 amide bonds. The smallest absolute Gasteiger partial charge is 0.262 e. The van der Waals surface area contributed by atoms with E-state index in [0.29, 0.717) is 19.6 Å². The zero-order valence-electron chi connectivity index (χ0n) is 22.7. The fourth-order valence-electron chi connectivity index (χ4n) is 4.63. The molecule has 9 nitrogen and oxygen atoms in total. The maximum atomic E-state index is 13.7. The molecule has 0 bridgehead atoms. The highest BCUT2D eigenvalue weighted by atomic mass is 32.2. The highest BCUT2D eigenvalue weighted by molar-refractivity contribution is 7.92. The average molecular weight is 553 g/mol. The summed E-state index contributed by atoms with van der Waals surface area (Å²) in [6.07, 6.45) is 3.13. The van der Waals surface area contributed by atoms with E-state index in [1.807, 2.05) is 33.0 Å². The standard InChI is InChI=1S/C29H36N4O5S/c1-20-8-10-24(11-9-20)39(36,37)31-26-7-5-6-25-28(26)38-27(18-32(4)17-23-12-14-30-15-13-23)21(2)16-33(29(25)35)22(3)19-34/h5-15,21-22,27,31,34H,16-19H2,1-4H3/t21-,22-,27+/m0/s1. The number of anilines is 1. The highest BCUT2D eigenvalue weighted by Gasteiger charge is 2.35. The van der Waals surface area contributed by atoms with Crippen LogP contribution >= 0.6 is 0 Å². The number of carbonyl (C=O) groups excluding carboxylic acids is 1. The molecule has 0 spiro atoms. The number of ether oxygens (including phenoxy) is 1. The Kier molecular flexibility index (Phi) is 8.89. The lowest BCUT2D eigenvalue weighted by Gasteiger charge is -2.38. The van der Waals surface area contributed by atoms with Gasteiger partial charge < -0.3 is 14.7 Å². The Labute approximate surface area is 230 Å². The summed E-state index contributed by atoms with van der Waals surface area (Å²) in [6.45, 7) is 7.06. The van der Waals surface area contributed by atoms with E-state index < -0.39 is 16.1 Å². The monoisotopic (exact) mass is 552 g/mol. The molecule has 2 heterocycles. The Morgan fingerprint density at radius 2 is 1.85 bits per heavy atom. The topological polar surface area (TPSA) is 112 Å². The lowest BCUT2D eigenvalue weighted by molar-refractivity contribution is 0.0344. The number of amides is 1. The molecular formula is C29H36N4O5S. The molecule has 0 saturated heterocycles. The van der Waals surface area contributed by atoms with Gasteiger partial charge in [0, 0.05) is 37.9 Å². The van der Waals surface area contributed by atoms with Crippen LogP contribution in [0.2, 0.25) is 0 Å². The number of hydrogen-bond donors (Lipinski definition) is 2. The molecule has 2 N–H and O–H groups in total. The first-order valence-electron chi connectivity index (χ1n) is 13.0. The molecule has 2 aromatic carbocycles. The van der Waals surface area contributed by atoms with Crippen LogP contribution in [0, 0.1) is 12.8 Å². The van der Waals surface area contributed by atoms with Crippen molar-refractivity contribution in [3.63, 3.8) is 0 Å². The number of nitrogens with zero attached hydrogens (tertiary/aromatic N) is 3. The molecule has 1 aromatic heterocycles. The van der Waals surface area contributed by atoms with Gasteiger partial charge in [0.2, 0.25) is 0 Å². The number of nitrogens with one attached hydrogen (secondary N) is 1. The summed E-state index contributed by atoms with van der Waals surface area (Å²) in [7, 11) is -1.96. The van der Waals surface area contributed by atoms with Crippen molar-refractivity contribution in [3.8, 4) is 5.75 Å². The van der Waals surface area contributed by atoms with E-state index in [9.17, 15) is 18.3 Å². The first kappa shape index (κ1) is 28.5. The molecule has 0 saturated carbocycles. The van der Waals surface area contributed by atoms with Gasteiger partial charge in [-0.1, -0.05) is 30.7 Å². The van der Waals surface area contributed by atoms with E-state index in [4.69, 9.17) is 4.74 Å². The van der Waals surface area contributed by atoms with Crippen molar-refractivity contribution in [2.75, 3.05) is 31.5 Å². The zero-order valence-corrected chi connectivity index (χ0v) is 23.6. The second-order valence-corrected chi connectivity index (χ2v) is 12.0. The number of rotatable bonds is 9. The Morgan fingerprint density at radius 1 is 1.15 bits per heavy atom. The number of sulfonamides is 1. The number of likely N-dealkylation sites (N-methyl/N-ethyl adjacent to an activating group) is 1. The van der Waals surface area contributed by atoms with Crippen molar-refractivity contribution < 1.29 is 23.1 Å². The molecule has 0 aliphatic carbocycles. The number of fused-ring (bicyclic) bond motifs is 1. The third-order valence-electron chi connectivity index (χ3n) is 6.96. The van der Waals surface area contributed by atoms with Crippen molar-refractivity contribution in [2.45, 2.75) is 44.4 Å². The minimum atomic E-state index is -3.94. The van der Waals surface area contributed by atoms with Gasteiger partial charge in [-0.25, -0.2) is 8.42 Å². The number of pyridine rings is 1. The van der Waals surface area contributed by atoms with Crippen LogP contribution < -0.4 is 9.46 Å². The van der Waals surface area contributed by atoms with Crippen molar-refractivity contribution in [2.24, 2.45) is 5.92 Å².